The number of thiazole rings is 1. The number of hydrazine groups is 1. The Bertz CT molecular complexity index is 590. The molecule has 2 heterocycles. The van der Waals surface area contributed by atoms with Gasteiger partial charge in [0.1, 0.15) is 5.69 Å². The number of amides is 1. The summed E-state index contributed by atoms with van der Waals surface area (Å²) in [6, 6.07) is 3.30. The Morgan fingerprint density at radius 3 is 2.89 bits per heavy atom. The zero-order valence-corrected chi connectivity index (χ0v) is 10.9. The standard InChI is InChI=1S/C12H13N5OS/c13-17-8-3-4-9(14-5-8)11(18)16-12-15-10(6-19-12)7-1-2-7/h3-7,17H,1-2,13H2,(H,15,16,18). The molecule has 6 nitrogen and oxygen atoms in total. The van der Waals surface area contributed by atoms with Gasteiger partial charge in [-0.05, 0) is 25.0 Å². The Morgan fingerprint density at radius 1 is 1.42 bits per heavy atom. The second kappa shape index (κ2) is 4.94. The van der Waals surface area contributed by atoms with Crippen LogP contribution in [0.2, 0.25) is 0 Å². The van der Waals surface area contributed by atoms with Crippen molar-refractivity contribution in [1.29, 1.82) is 0 Å². The number of aromatic nitrogens is 2. The van der Waals surface area contributed by atoms with Crippen LogP contribution in [0.5, 0.6) is 0 Å². The number of carbonyl (C=O) groups is 1. The number of hydrogen-bond acceptors (Lipinski definition) is 6. The molecule has 0 bridgehead atoms. The van der Waals surface area contributed by atoms with E-state index >= 15 is 0 Å². The third-order valence-electron chi connectivity index (χ3n) is 2.90. The molecule has 0 aromatic carbocycles. The minimum Gasteiger partial charge on any atom is -0.323 e. The molecule has 1 fully saturated rings. The Labute approximate surface area is 114 Å². The lowest BCUT2D eigenvalue weighted by atomic mass is 10.3. The first-order chi connectivity index (χ1) is 9.26. The van der Waals surface area contributed by atoms with E-state index in [1.807, 2.05) is 5.38 Å². The van der Waals surface area contributed by atoms with Gasteiger partial charge < -0.3 is 5.43 Å². The minimum atomic E-state index is -0.264. The number of hydrogen-bond donors (Lipinski definition) is 3. The Kier molecular flexibility index (Phi) is 3.14. The molecule has 1 saturated carbocycles. The van der Waals surface area contributed by atoms with Crippen LogP contribution in [-0.2, 0) is 0 Å². The summed E-state index contributed by atoms with van der Waals surface area (Å²) < 4.78 is 0. The summed E-state index contributed by atoms with van der Waals surface area (Å²) in [6.45, 7) is 0. The molecule has 2 aromatic heterocycles. The SMILES string of the molecule is NNc1ccc(C(=O)Nc2nc(C3CC3)cs2)nc1. The summed E-state index contributed by atoms with van der Waals surface area (Å²) in [7, 11) is 0. The van der Waals surface area contributed by atoms with Gasteiger partial charge in [-0.1, -0.05) is 0 Å². The zero-order valence-electron chi connectivity index (χ0n) is 10.1. The van der Waals surface area contributed by atoms with Crippen LogP contribution >= 0.6 is 11.3 Å². The second-order valence-corrected chi connectivity index (χ2v) is 5.24. The number of nitrogens with zero attached hydrogens (tertiary/aromatic N) is 2. The van der Waals surface area contributed by atoms with E-state index in [4.69, 9.17) is 5.84 Å². The predicted octanol–water partition coefficient (Wildman–Crippen LogP) is 1.95. The van der Waals surface area contributed by atoms with Gasteiger partial charge in [0, 0.05) is 11.3 Å². The molecule has 1 aliphatic carbocycles. The maximum Gasteiger partial charge on any atom is 0.276 e. The fraction of sp³-hybridized carbons (Fsp3) is 0.250. The Hall–Kier alpha value is -1.99. The van der Waals surface area contributed by atoms with E-state index in [-0.39, 0.29) is 5.91 Å². The topological polar surface area (TPSA) is 92.9 Å². The highest BCUT2D eigenvalue weighted by atomic mass is 32.1. The van der Waals surface area contributed by atoms with E-state index in [1.165, 1.54) is 30.4 Å². The molecule has 4 N–H and O–H groups in total. The molecule has 98 valence electrons. The van der Waals surface area contributed by atoms with Crippen LogP contribution in [0.15, 0.2) is 23.7 Å². The molecule has 7 heteroatoms. The first kappa shape index (κ1) is 12.1. The first-order valence-electron chi connectivity index (χ1n) is 5.95. The maximum atomic E-state index is 11.9. The molecule has 0 atom stereocenters. The molecule has 19 heavy (non-hydrogen) atoms. The molecular formula is C12H13N5OS. The van der Waals surface area contributed by atoms with Crippen molar-refractivity contribution < 1.29 is 4.79 Å². The zero-order chi connectivity index (χ0) is 13.2. The smallest absolute Gasteiger partial charge is 0.276 e. The highest BCUT2D eigenvalue weighted by Gasteiger charge is 2.26. The third-order valence-corrected chi connectivity index (χ3v) is 3.68. The summed E-state index contributed by atoms with van der Waals surface area (Å²) in [5.41, 5.74) is 4.53. The van der Waals surface area contributed by atoms with Gasteiger partial charge in [-0.25, -0.2) is 9.97 Å². The van der Waals surface area contributed by atoms with E-state index < -0.39 is 0 Å². The molecular weight excluding hydrogens is 262 g/mol. The highest BCUT2D eigenvalue weighted by Crippen LogP contribution is 2.40. The van der Waals surface area contributed by atoms with Crippen molar-refractivity contribution in [2.24, 2.45) is 5.84 Å². The molecule has 0 unspecified atom stereocenters. The van der Waals surface area contributed by atoms with Crippen LogP contribution < -0.4 is 16.6 Å². The van der Waals surface area contributed by atoms with Crippen LogP contribution in [0.1, 0.15) is 34.9 Å². The molecule has 1 aliphatic rings. The summed E-state index contributed by atoms with van der Waals surface area (Å²) in [6.07, 6.45) is 3.91. The van der Waals surface area contributed by atoms with Crippen molar-refractivity contribution in [3.8, 4) is 0 Å². The Balaban J connectivity index is 1.68. The van der Waals surface area contributed by atoms with Crippen LogP contribution in [-0.4, -0.2) is 15.9 Å². The quantitative estimate of drug-likeness (QED) is 0.586. The van der Waals surface area contributed by atoms with E-state index in [0.29, 0.717) is 22.4 Å². The molecule has 0 saturated heterocycles. The maximum absolute atomic E-state index is 11.9. The van der Waals surface area contributed by atoms with Crippen LogP contribution in [0.3, 0.4) is 0 Å². The lowest BCUT2D eigenvalue weighted by Gasteiger charge is -2.02. The number of nitrogen functional groups attached to an aromatic ring is 1. The number of rotatable bonds is 4. The van der Waals surface area contributed by atoms with Gasteiger partial charge in [0.15, 0.2) is 5.13 Å². The van der Waals surface area contributed by atoms with Gasteiger partial charge >= 0.3 is 0 Å². The van der Waals surface area contributed by atoms with Gasteiger partial charge in [-0.15, -0.1) is 11.3 Å². The van der Waals surface area contributed by atoms with Crippen molar-refractivity contribution in [3.05, 3.63) is 35.1 Å². The average Bonchev–Trinajstić information content (AvgIpc) is 3.20. The number of pyridine rings is 1. The molecule has 1 amide bonds. The number of nitrogens with two attached hydrogens (primary N) is 1. The number of carbonyl (C=O) groups excluding carboxylic acids is 1. The molecule has 0 aliphatic heterocycles. The van der Waals surface area contributed by atoms with E-state index in [2.05, 4.69) is 20.7 Å². The average molecular weight is 275 g/mol. The fourth-order valence-corrected chi connectivity index (χ4v) is 2.47. The molecule has 0 radical (unpaired) electrons. The van der Waals surface area contributed by atoms with Gasteiger partial charge in [0.2, 0.25) is 0 Å². The summed E-state index contributed by atoms with van der Waals surface area (Å²) in [4.78, 5) is 20.4. The molecule has 3 rings (SSSR count). The van der Waals surface area contributed by atoms with Gasteiger partial charge in [0.25, 0.3) is 5.91 Å². The first-order valence-corrected chi connectivity index (χ1v) is 6.83. The normalized spacial score (nSPS) is 14.2. The summed E-state index contributed by atoms with van der Waals surface area (Å²) in [5.74, 6) is 5.57. The lowest BCUT2D eigenvalue weighted by Crippen LogP contribution is -2.14. The van der Waals surface area contributed by atoms with Crippen LogP contribution in [0.25, 0.3) is 0 Å². The highest BCUT2D eigenvalue weighted by molar-refractivity contribution is 7.14. The van der Waals surface area contributed by atoms with Gasteiger partial charge in [-0.3, -0.25) is 16.0 Å². The van der Waals surface area contributed by atoms with Crippen molar-refractivity contribution >= 4 is 28.1 Å². The fourth-order valence-electron chi connectivity index (χ4n) is 1.68. The third kappa shape index (κ3) is 2.72. The van der Waals surface area contributed by atoms with E-state index in [1.54, 1.807) is 12.1 Å². The largest absolute Gasteiger partial charge is 0.323 e. The van der Waals surface area contributed by atoms with Gasteiger partial charge in [-0.2, -0.15) is 0 Å². The summed E-state index contributed by atoms with van der Waals surface area (Å²) >= 11 is 1.45. The second-order valence-electron chi connectivity index (χ2n) is 4.38. The van der Waals surface area contributed by atoms with E-state index in [0.717, 1.165) is 5.69 Å². The molecule has 2 aromatic rings. The van der Waals surface area contributed by atoms with Crippen LogP contribution in [0, 0.1) is 0 Å². The van der Waals surface area contributed by atoms with Crippen molar-refractivity contribution in [1.82, 2.24) is 9.97 Å². The predicted molar refractivity (Wildman–Crippen MR) is 74.1 cm³/mol. The lowest BCUT2D eigenvalue weighted by molar-refractivity contribution is 0.102. The van der Waals surface area contributed by atoms with Crippen molar-refractivity contribution in [2.45, 2.75) is 18.8 Å². The Morgan fingerprint density at radius 2 is 2.26 bits per heavy atom. The van der Waals surface area contributed by atoms with Crippen molar-refractivity contribution in [3.63, 3.8) is 0 Å². The molecule has 0 spiro atoms. The van der Waals surface area contributed by atoms with Crippen molar-refractivity contribution in [2.75, 3.05) is 10.7 Å². The number of nitrogens with one attached hydrogen (secondary N) is 2. The van der Waals surface area contributed by atoms with Gasteiger partial charge in [0.05, 0.1) is 17.6 Å². The van der Waals surface area contributed by atoms with Crippen LogP contribution in [0.4, 0.5) is 10.8 Å². The number of anilines is 2. The monoisotopic (exact) mass is 275 g/mol. The summed E-state index contributed by atoms with van der Waals surface area (Å²) in [5, 5.41) is 5.38. The minimum absolute atomic E-state index is 0.264. The van der Waals surface area contributed by atoms with E-state index in [9.17, 15) is 4.79 Å².